The molecule has 1 unspecified atom stereocenters. The number of amides is 2. The first kappa shape index (κ1) is 40.4. The highest BCUT2D eigenvalue weighted by Gasteiger charge is 2.23. The molecular weight excluding hydrogens is 598 g/mol. The summed E-state index contributed by atoms with van der Waals surface area (Å²) in [5.41, 5.74) is 7.30. The number of aliphatic hydroxyl groups is 2. The lowest BCUT2D eigenvalue weighted by Crippen LogP contribution is -2.45. The average molecular weight is 650 g/mol. The first-order chi connectivity index (χ1) is 21.3. The number of benzene rings is 2. The number of rotatable bonds is 6. The van der Waals surface area contributed by atoms with Gasteiger partial charge in [0, 0.05) is 12.5 Å². The van der Waals surface area contributed by atoms with Gasteiger partial charge in [-0.2, -0.15) is 0 Å². The van der Waals surface area contributed by atoms with Gasteiger partial charge in [0.2, 0.25) is 0 Å². The molecule has 0 aromatic heterocycles. The van der Waals surface area contributed by atoms with Gasteiger partial charge in [0.15, 0.2) is 5.78 Å². The summed E-state index contributed by atoms with van der Waals surface area (Å²) in [4.78, 5) is 34.1. The van der Waals surface area contributed by atoms with Crippen LogP contribution in [0.4, 0.5) is 9.59 Å². The minimum absolute atomic E-state index is 0. The number of ketones is 1. The molecule has 3 aliphatic heterocycles. The van der Waals surface area contributed by atoms with E-state index in [0.29, 0.717) is 52.3 Å². The molecule has 2 aromatic rings. The number of hydrogen-bond donors (Lipinski definition) is 5. The molecule has 13 nitrogen and oxygen atoms in total. The second-order valence-electron chi connectivity index (χ2n) is 10.7. The predicted octanol–water partition coefficient (Wildman–Crippen LogP) is 2.70. The number of ether oxygens (including phenoxy) is 5. The van der Waals surface area contributed by atoms with Gasteiger partial charge >= 0.3 is 12.2 Å². The maximum Gasteiger partial charge on any atom is 0.407 e. The number of carbonyl (C=O) groups excluding carboxylic acids is 3. The number of alkyl carbamates (subject to hydrolysis) is 2. The van der Waals surface area contributed by atoms with Gasteiger partial charge in [-0.25, -0.2) is 9.59 Å². The number of Topliss-reactive ketones (excluding diaryl/α,β-unsaturated/α-hetero) is 1. The van der Waals surface area contributed by atoms with Crippen molar-refractivity contribution in [1.29, 1.82) is 0 Å². The van der Waals surface area contributed by atoms with Gasteiger partial charge in [0.1, 0.15) is 19.8 Å². The Labute approximate surface area is 271 Å². The van der Waals surface area contributed by atoms with E-state index < -0.39 is 18.3 Å². The summed E-state index contributed by atoms with van der Waals surface area (Å²) in [6, 6.07) is 18.4. The van der Waals surface area contributed by atoms with Crippen molar-refractivity contribution in [3.8, 4) is 0 Å². The maximum atomic E-state index is 11.5. The van der Waals surface area contributed by atoms with Gasteiger partial charge in [-0.05, 0) is 24.0 Å². The van der Waals surface area contributed by atoms with Crippen molar-refractivity contribution in [3.05, 3.63) is 71.8 Å². The summed E-state index contributed by atoms with van der Waals surface area (Å²) in [7, 11) is 0. The van der Waals surface area contributed by atoms with Crippen LogP contribution in [0, 0.1) is 0 Å². The molecule has 2 amide bonds. The highest BCUT2D eigenvalue weighted by molar-refractivity contribution is 5.81. The van der Waals surface area contributed by atoms with Crippen LogP contribution in [0.15, 0.2) is 60.7 Å². The van der Waals surface area contributed by atoms with Gasteiger partial charge < -0.3 is 50.3 Å². The van der Waals surface area contributed by atoms with Gasteiger partial charge in [-0.1, -0.05) is 75.5 Å². The lowest BCUT2D eigenvalue weighted by molar-refractivity contribution is -0.128. The lowest BCUT2D eigenvalue weighted by atomic mass is 10.1. The van der Waals surface area contributed by atoms with Crippen LogP contribution in [0.1, 0.15) is 45.2 Å². The summed E-state index contributed by atoms with van der Waals surface area (Å²) >= 11 is 0. The fraction of sp³-hybridized carbons (Fsp3) is 0.545. The molecule has 5 atom stereocenters. The fourth-order valence-electron chi connectivity index (χ4n) is 4.42. The molecule has 0 spiro atoms. The molecule has 3 aliphatic rings. The van der Waals surface area contributed by atoms with E-state index in [1.54, 1.807) is 0 Å². The van der Waals surface area contributed by atoms with E-state index in [0.717, 1.165) is 11.1 Å². The van der Waals surface area contributed by atoms with Crippen molar-refractivity contribution in [2.75, 3.05) is 39.6 Å². The van der Waals surface area contributed by atoms with Crippen molar-refractivity contribution in [1.82, 2.24) is 10.6 Å². The molecule has 13 heteroatoms. The number of nitrogens with two attached hydrogens (primary N) is 1. The summed E-state index contributed by atoms with van der Waals surface area (Å²) < 4.78 is 25.2. The topological polar surface area (TPSA) is 188 Å². The zero-order valence-electron chi connectivity index (χ0n) is 24.7. The molecular formula is C33H51N3O10. The number of nitrogens with one attached hydrogen (secondary N) is 2. The number of hydrogen-bond acceptors (Lipinski definition) is 11. The highest BCUT2D eigenvalue weighted by Crippen LogP contribution is 2.08. The van der Waals surface area contributed by atoms with Gasteiger partial charge in [0.25, 0.3) is 0 Å². The lowest BCUT2D eigenvalue weighted by Gasteiger charge is -2.26. The van der Waals surface area contributed by atoms with Crippen LogP contribution in [0.25, 0.3) is 0 Å². The van der Waals surface area contributed by atoms with Crippen LogP contribution in [-0.4, -0.2) is 98.2 Å². The van der Waals surface area contributed by atoms with Crippen molar-refractivity contribution in [2.24, 2.45) is 5.73 Å². The minimum atomic E-state index is -0.526. The van der Waals surface area contributed by atoms with E-state index >= 15 is 0 Å². The monoisotopic (exact) mass is 649 g/mol. The predicted molar refractivity (Wildman–Crippen MR) is 172 cm³/mol. The normalized spacial score (nSPS) is 23.6. The third-order valence-corrected chi connectivity index (χ3v) is 6.53. The van der Waals surface area contributed by atoms with Crippen LogP contribution in [-0.2, 0) is 41.7 Å². The standard InChI is InChI=1S/C13H17NO4.C13H15NO4.C5H11NO2.2CH4/c2*15-12-6-11(8-17-9-12)14-13(16)18-7-10-4-2-1-3-5-10;6-4-1-5(7)3-8-2-4;;/h1-5,11-12,15H,6-9H2,(H,14,16);1-5,11H,6-9H2,(H,14,16);4-5,7H,1-3,6H2;2*1H4/t11-,12+;;4-,5+;;/m1.1../s1. The van der Waals surface area contributed by atoms with Gasteiger partial charge in [0.05, 0.1) is 57.3 Å². The van der Waals surface area contributed by atoms with E-state index in [1.165, 1.54) is 0 Å². The molecule has 0 aliphatic carbocycles. The smallest absolute Gasteiger partial charge is 0.407 e. The molecule has 258 valence electrons. The van der Waals surface area contributed by atoms with Crippen molar-refractivity contribution >= 4 is 18.0 Å². The molecule has 0 radical (unpaired) electrons. The fourth-order valence-corrected chi connectivity index (χ4v) is 4.42. The minimum Gasteiger partial charge on any atom is -0.445 e. The largest absolute Gasteiger partial charge is 0.445 e. The maximum absolute atomic E-state index is 11.5. The van der Waals surface area contributed by atoms with Gasteiger partial charge in [-0.15, -0.1) is 0 Å². The molecule has 5 rings (SSSR count). The van der Waals surface area contributed by atoms with E-state index in [9.17, 15) is 19.5 Å². The second kappa shape index (κ2) is 22.8. The third kappa shape index (κ3) is 17.2. The van der Waals surface area contributed by atoms with E-state index in [1.807, 2.05) is 60.7 Å². The Hall–Kier alpha value is -3.59. The first-order valence-corrected chi connectivity index (χ1v) is 14.6. The van der Waals surface area contributed by atoms with Crippen molar-refractivity contribution < 1.29 is 48.3 Å². The quantitative estimate of drug-likeness (QED) is 0.310. The number of aliphatic hydroxyl groups excluding tert-OH is 2. The molecule has 0 saturated carbocycles. The Morgan fingerprint density at radius 1 is 0.717 bits per heavy atom. The van der Waals surface area contributed by atoms with E-state index in [2.05, 4.69) is 10.6 Å². The average Bonchev–Trinajstić information content (AvgIpc) is 3.01. The van der Waals surface area contributed by atoms with Crippen LogP contribution in [0.2, 0.25) is 0 Å². The SMILES string of the molecule is C.C.N[C@H]1COC[C@@H](O)C1.O=C(N[C@H]1COC[C@@H](O)C1)OCc1ccccc1.O=C1COCC(NC(=O)OCc2ccccc2)C1. The Kier molecular flexibility index (Phi) is 20.1. The Morgan fingerprint density at radius 3 is 1.65 bits per heavy atom. The summed E-state index contributed by atoms with van der Waals surface area (Å²) in [6.45, 7) is 2.74. The van der Waals surface area contributed by atoms with Gasteiger partial charge in [-0.3, -0.25) is 4.79 Å². The molecule has 2 aromatic carbocycles. The number of carbonyl (C=O) groups is 3. The summed E-state index contributed by atoms with van der Waals surface area (Å²) in [5, 5.41) is 23.5. The molecule has 3 heterocycles. The Morgan fingerprint density at radius 2 is 1.20 bits per heavy atom. The van der Waals surface area contributed by atoms with Crippen LogP contribution in [0.5, 0.6) is 0 Å². The molecule has 46 heavy (non-hydrogen) atoms. The summed E-state index contributed by atoms with van der Waals surface area (Å²) in [6.07, 6.45) is -0.374. The Bertz CT molecular complexity index is 1120. The van der Waals surface area contributed by atoms with Crippen LogP contribution < -0.4 is 16.4 Å². The molecule has 3 saturated heterocycles. The zero-order chi connectivity index (χ0) is 31.6. The molecule has 0 bridgehead atoms. The van der Waals surface area contributed by atoms with Crippen molar-refractivity contribution in [3.63, 3.8) is 0 Å². The first-order valence-electron chi connectivity index (χ1n) is 14.6. The van der Waals surface area contributed by atoms with E-state index in [-0.39, 0.29) is 64.7 Å². The summed E-state index contributed by atoms with van der Waals surface area (Å²) in [5.74, 6) is -0.00499. The second-order valence-corrected chi connectivity index (χ2v) is 10.7. The Balaban J connectivity index is 0.000000361. The van der Waals surface area contributed by atoms with E-state index in [4.69, 9.17) is 34.5 Å². The molecule has 6 N–H and O–H groups in total. The van der Waals surface area contributed by atoms with Crippen molar-refractivity contribution in [2.45, 2.75) is 77.7 Å². The molecule has 3 fully saturated rings. The zero-order valence-corrected chi connectivity index (χ0v) is 24.7. The third-order valence-electron chi connectivity index (χ3n) is 6.53. The van der Waals surface area contributed by atoms with Crippen LogP contribution in [0.3, 0.4) is 0 Å². The highest BCUT2D eigenvalue weighted by atomic mass is 16.6. The van der Waals surface area contributed by atoms with Crippen LogP contribution >= 0.6 is 0 Å².